The van der Waals surface area contributed by atoms with Crippen LogP contribution in [0.15, 0.2) is 38.0 Å². The molecule has 0 rings (SSSR count). The minimum absolute atomic E-state index is 0. The second-order valence-corrected chi connectivity index (χ2v) is 4.52. The van der Waals surface area contributed by atoms with Crippen molar-refractivity contribution in [1.82, 2.24) is 0 Å². The van der Waals surface area contributed by atoms with Crippen LogP contribution in [0.4, 0.5) is 0 Å². The van der Waals surface area contributed by atoms with Gasteiger partial charge in [0.2, 0.25) is 0 Å². The fourth-order valence-corrected chi connectivity index (χ4v) is 2.31. The molecule has 0 aliphatic heterocycles. The van der Waals surface area contributed by atoms with Crippen LogP contribution in [0.25, 0.3) is 0 Å². The van der Waals surface area contributed by atoms with Gasteiger partial charge in [0, 0.05) is 0 Å². The molecule has 0 heterocycles. The first-order valence-electron chi connectivity index (χ1n) is 3.40. The number of hydrogen-bond donors (Lipinski definition) is 0. The predicted octanol–water partition coefficient (Wildman–Crippen LogP) is 2.11. The van der Waals surface area contributed by atoms with E-state index in [0.29, 0.717) is 0 Å². The zero-order chi connectivity index (χ0) is 7.82. The molecule has 0 nitrogen and oxygen atoms in total. The summed E-state index contributed by atoms with van der Waals surface area (Å²) in [6.45, 7) is 11.1. The van der Waals surface area contributed by atoms with E-state index in [1.165, 1.54) is 0 Å². The monoisotopic (exact) mass is 236 g/mol. The van der Waals surface area contributed by atoms with Gasteiger partial charge in [-0.2, -0.15) is 0 Å². The molecule has 0 radical (unpaired) electrons. The quantitative estimate of drug-likeness (QED) is 0.376. The third-order valence-corrected chi connectivity index (χ3v) is 3.49. The Morgan fingerprint density at radius 1 is 0.818 bits per heavy atom. The van der Waals surface area contributed by atoms with Crippen molar-refractivity contribution in [3.63, 3.8) is 0 Å². The molecule has 64 valence electrons. The van der Waals surface area contributed by atoms with Crippen LogP contribution in [0, 0.1) is 0 Å². The van der Waals surface area contributed by atoms with Crippen molar-refractivity contribution in [2.24, 2.45) is 0 Å². The Morgan fingerprint density at radius 3 is 1.27 bits per heavy atom. The third-order valence-electron chi connectivity index (χ3n) is 1.16. The Balaban J connectivity index is 0. The van der Waals surface area contributed by atoms with Crippen LogP contribution < -0.4 is 0 Å². The van der Waals surface area contributed by atoms with Gasteiger partial charge in [0.15, 0.2) is 0 Å². The maximum atomic E-state index is 3.71. The van der Waals surface area contributed by atoms with E-state index in [0.717, 1.165) is 18.5 Å². The number of rotatable bonds is 6. The molecule has 0 aliphatic carbocycles. The van der Waals surface area contributed by atoms with E-state index in [-0.39, 0.29) is 25.0 Å². The van der Waals surface area contributed by atoms with Crippen molar-refractivity contribution in [1.29, 1.82) is 0 Å². The molecular formula is C9H17PSe. The molecule has 0 N–H and O–H groups in total. The summed E-state index contributed by atoms with van der Waals surface area (Å²) in [6.07, 6.45) is 9.35. The average Bonchev–Trinajstić information content (AvgIpc) is 1.90. The van der Waals surface area contributed by atoms with E-state index in [9.17, 15) is 0 Å². The normalized spacial score (nSPS) is 8.45. The minimum atomic E-state index is 0. The predicted molar refractivity (Wildman–Crippen MR) is 60.7 cm³/mol. The van der Waals surface area contributed by atoms with Crippen molar-refractivity contribution in [2.75, 3.05) is 18.5 Å². The van der Waals surface area contributed by atoms with Crippen LogP contribution in [0.3, 0.4) is 0 Å². The molecule has 0 atom stereocenters. The average molecular weight is 235 g/mol. The van der Waals surface area contributed by atoms with Crippen molar-refractivity contribution in [2.45, 2.75) is 0 Å². The van der Waals surface area contributed by atoms with Crippen LogP contribution in [-0.2, 0) is 0 Å². The van der Waals surface area contributed by atoms with Crippen LogP contribution in [0.5, 0.6) is 0 Å². The third kappa shape index (κ3) is 8.07. The van der Waals surface area contributed by atoms with Gasteiger partial charge in [-0.05, 0) is 18.5 Å². The van der Waals surface area contributed by atoms with Crippen molar-refractivity contribution in [3.8, 4) is 0 Å². The van der Waals surface area contributed by atoms with Gasteiger partial charge in [-0.25, -0.2) is 0 Å². The van der Waals surface area contributed by atoms with Crippen molar-refractivity contribution >= 4 is 25.0 Å². The molecule has 0 fully saturated rings. The van der Waals surface area contributed by atoms with E-state index in [1.54, 1.807) is 0 Å². The van der Waals surface area contributed by atoms with E-state index >= 15 is 0 Å². The first-order chi connectivity index (χ1) is 4.85. The van der Waals surface area contributed by atoms with Crippen molar-refractivity contribution < 1.29 is 0 Å². The fraction of sp³-hybridized carbons (Fsp3) is 0.333. The van der Waals surface area contributed by atoms with Crippen LogP contribution in [0.1, 0.15) is 0 Å². The van der Waals surface area contributed by atoms with E-state index in [1.807, 2.05) is 18.2 Å². The second-order valence-electron chi connectivity index (χ2n) is 2.08. The van der Waals surface area contributed by atoms with Crippen molar-refractivity contribution in [3.05, 3.63) is 38.0 Å². The van der Waals surface area contributed by atoms with E-state index in [4.69, 9.17) is 0 Å². The molecule has 2 heteroatoms. The standard InChI is InChI=1S/C9H15P.H2Se/c1-4-7-10(8-5-2)9-6-3;/h4-6H,1-3,7-9H2;1H2. The summed E-state index contributed by atoms with van der Waals surface area (Å²) in [5.74, 6) is 0. The maximum absolute atomic E-state index is 3.71. The zero-order valence-corrected chi connectivity index (χ0v) is 9.91. The van der Waals surface area contributed by atoms with E-state index < -0.39 is 0 Å². The SMILES string of the molecule is C=CCP(CC=C)CC=C.[SeH2]. The molecule has 0 aromatic heterocycles. The Morgan fingerprint density at radius 2 is 1.09 bits per heavy atom. The molecule has 11 heavy (non-hydrogen) atoms. The Bertz CT molecular complexity index is 97.0. The topological polar surface area (TPSA) is 0 Å². The summed E-state index contributed by atoms with van der Waals surface area (Å²) in [5, 5.41) is 0. The molecule has 0 spiro atoms. The van der Waals surface area contributed by atoms with Gasteiger partial charge in [-0.15, -0.1) is 19.7 Å². The van der Waals surface area contributed by atoms with Crippen LogP contribution >= 0.6 is 7.92 Å². The first-order valence-corrected chi connectivity index (χ1v) is 5.30. The summed E-state index contributed by atoms with van der Waals surface area (Å²) in [5.41, 5.74) is 0. The summed E-state index contributed by atoms with van der Waals surface area (Å²) >= 11 is 0. The van der Waals surface area contributed by atoms with Gasteiger partial charge < -0.3 is 0 Å². The van der Waals surface area contributed by atoms with Gasteiger partial charge in [-0.3, -0.25) is 0 Å². The molecule has 0 aromatic carbocycles. The van der Waals surface area contributed by atoms with Gasteiger partial charge >= 0.3 is 17.1 Å². The Labute approximate surface area is 81.7 Å². The number of allylic oxidation sites excluding steroid dienone is 3. The Hall–Kier alpha value is 0.169. The van der Waals surface area contributed by atoms with Crippen LogP contribution in [0.2, 0.25) is 0 Å². The number of hydrogen-bond acceptors (Lipinski definition) is 0. The van der Waals surface area contributed by atoms with Gasteiger partial charge in [0.05, 0.1) is 0 Å². The molecule has 0 bridgehead atoms. The van der Waals surface area contributed by atoms with E-state index in [2.05, 4.69) is 19.7 Å². The first kappa shape index (κ1) is 13.7. The molecule has 0 unspecified atom stereocenters. The fourth-order valence-electron chi connectivity index (χ4n) is 0.771. The molecule has 0 amide bonds. The van der Waals surface area contributed by atoms with Gasteiger partial charge in [-0.1, -0.05) is 26.1 Å². The zero-order valence-electron chi connectivity index (χ0n) is 6.92. The van der Waals surface area contributed by atoms with Gasteiger partial charge in [0.1, 0.15) is 0 Å². The summed E-state index contributed by atoms with van der Waals surface area (Å²) in [4.78, 5) is 0. The second kappa shape index (κ2) is 10.2. The Kier molecular flexibility index (Phi) is 12.7. The molecule has 0 aromatic rings. The molecule has 0 saturated carbocycles. The molecular weight excluding hydrogens is 218 g/mol. The van der Waals surface area contributed by atoms with Crippen LogP contribution in [-0.4, -0.2) is 35.6 Å². The molecule has 0 aliphatic rings. The summed E-state index contributed by atoms with van der Waals surface area (Å²) < 4.78 is 0. The summed E-state index contributed by atoms with van der Waals surface area (Å²) in [7, 11) is 0.0849. The molecule has 0 saturated heterocycles. The van der Waals surface area contributed by atoms with Gasteiger partial charge in [0.25, 0.3) is 0 Å². The summed E-state index contributed by atoms with van der Waals surface area (Å²) in [6, 6.07) is 0.